The molecule has 0 aliphatic rings. The minimum Gasteiger partial charge on any atom is -0.378 e. The van der Waals surface area contributed by atoms with Crippen LogP contribution in [0.4, 0.5) is 5.69 Å². The molecule has 0 aliphatic carbocycles. The largest absolute Gasteiger partial charge is 0.378 e. The van der Waals surface area contributed by atoms with Gasteiger partial charge in [-0.05, 0) is 12.1 Å². The molecule has 0 heterocycles. The smallest absolute Gasteiger partial charge is 0.233 e. The van der Waals surface area contributed by atoms with Crippen LogP contribution in [-0.4, -0.2) is 17.0 Å². The number of hydrogen-bond donors (Lipinski definition) is 1. The Kier molecular flexibility index (Phi) is 3.06. The van der Waals surface area contributed by atoms with E-state index in [1.54, 1.807) is 13.8 Å². The Hall–Kier alpha value is -1.58. The highest BCUT2D eigenvalue weighted by Gasteiger charge is 2.29. The SMILES string of the molecule is CC(C)(CNc1ccccc1)[N+](=O)[O-]. The molecular formula is C10H14N2O2. The van der Waals surface area contributed by atoms with Gasteiger partial charge in [-0.25, -0.2) is 0 Å². The normalized spacial score (nSPS) is 11.0. The van der Waals surface area contributed by atoms with E-state index in [0.29, 0.717) is 6.54 Å². The third-order valence-electron chi connectivity index (χ3n) is 1.99. The van der Waals surface area contributed by atoms with Gasteiger partial charge in [-0.2, -0.15) is 0 Å². The molecule has 0 spiro atoms. The molecule has 0 aromatic heterocycles. The summed E-state index contributed by atoms with van der Waals surface area (Å²) >= 11 is 0. The Bertz CT molecular complexity index is 309. The summed E-state index contributed by atoms with van der Waals surface area (Å²) in [5, 5.41) is 13.6. The lowest BCUT2D eigenvalue weighted by Gasteiger charge is -2.16. The molecule has 0 saturated heterocycles. The first kappa shape index (κ1) is 10.5. The van der Waals surface area contributed by atoms with Crippen molar-refractivity contribution in [3.05, 3.63) is 40.4 Å². The molecule has 76 valence electrons. The van der Waals surface area contributed by atoms with Gasteiger partial charge in [0.1, 0.15) is 0 Å². The molecule has 0 unspecified atom stereocenters. The van der Waals surface area contributed by atoms with Gasteiger partial charge in [0.25, 0.3) is 0 Å². The van der Waals surface area contributed by atoms with Crippen molar-refractivity contribution in [2.45, 2.75) is 19.4 Å². The molecule has 4 nitrogen and oxygen atoms in total. The highest BCUT2D eigenvalue weighted by atomic mass is 16.6. The van der Waals surface area contributed by atoms with E-state index in [2.05, 4.69) is 5.32 Å². The first-order valence-corrected chi connectivity index (χ1v) is 4.46. The molecule has 1 rings (SSSR count). The lowest BCUT2D eigenvalue weighted by molar-refractivity contribution is -0.556. The zero-order valence-corrected chi connectivity index (χ0v) is 8.36. The Morgan fingerprint density at radius 2 is 1.93 bits per heavy atom. The van der Waals surface area contributed by atoms with Crippen LogP contribution in [0.1, 0.15) is 13.8 Å². The van der Waals surface area contributed by atoms with Crippen molar-refractivity contribution in [2.24, 2.45) is 0 Å². The Labute approximate surface area is 83.1 Å². The van der Waals surface area contributed by atoms with Crippen LogP contribution in [0.3, 0.4) is 0 Å². The van der Waals surface area contributed by atoms with Crippen LogP contribution in [0.2, 0.25) is 0 Å². The average molecular weight is 194 g/mol. The highest BCUT2D eigenvalue weighted by molar-refractivity contribution is 5.42. The summed E-state index contributed by atoms with van der Waals surface area (Å²) in [6, 6.07) is 9.46. The summed E-state index contributed by atoms with van der Waals surface area (Å²) in [5.74, 6) is 0. The fraction of sp³-hybridized carbons (Fsp3) is 0.400. The van der Waals surface area contributed by atoms with Crippen LogP contribution in [0, 0.1) is 10.1 Å². The van der Waals surface area contributed by atoms with Crippen LogP contribution in [0.25, 0.3) is 0 Å². The summed E-state index contributed by atoms with van der Waals surface area (Å²) in [6.45, 7) is 3.52. The molecule has 1 aromatic carbocycles. The molecule has 0 radical (unpaired) electrons. The van der Waals surface area contributed by atoms with Crippen molar-refractivity contribution in [3.8, 4) is 0 Å². The topological polar surface area (TPSA) is 55.2 Å². The number of rotatable bonds is 4. The fourth-order valence-corrected chi connectivity index (χ4v) is 0.939. The molecule has 1 aromatic rings. The van der Waals surface area contributed by atoms with E-state index in [9.17, 15) is 10.1 Å². The minimum absolute atomic E-state index is 0.275. The quantitative estimate of drug-likeness (QED) is 0.590. The van der Waals surface area contributed by atoms with Gasteiger partial charge in [0.15, 0.2) is 0 Å². The molecule has 14 heavy (non-hydrogen) atoms. The van der Waals surface area contributed by atoms with E-state index in [0.717, 1.165) is 5.69 Å². The van der Waals surface area contributed by atoms with Gasteiger partial charge >= 0.3 is 0 Å². The molecular weight excluding hydrogens is 180 g/mol. The standard InChI is InChI=1S/C10H14N2O2/c1-10(2,12(13)14)8-11-9-6-4-3-5-7-9/h3-7,11H,8H2,1-2H3. The fourth-order valence-electron chi connectivity index (χ4n) is 0.939. The summed E-state index contributed by atoms with van der Waals surface area (Å²) < 4.78 is 0. The molecule has 0 saturated carbocycles. The van der Waals surface area contributed by atoms with Gasteiger partial charge in [0.05, 0.1) is 6.54 Å². The second-order valence-corrected chi connectivity index (χ2v) is 3.79. The third-order valence-corrected chi connectivity index (χ3v) is 1.99. The molecule has 4 heteroatoms. The van der Waals surface area contributed by atoms with Crippen LogP contribution in [-0.2, 0) is 0 Å². The van der Waals surface area contributed by atoms with Gasteiger partial charge in [0.2, 0.25) is 5.54 Å². The number of nitro groups is 1. The number of nitrogens with one attached hydrogen (secondary N) is 1. The van der Waals surface area contributed by atoms with Crippen molar-refractivity contribution in [3.63, 3.8) is 0 Å². The van der Waals surface area contributed by atoms with E-state index >= 15 is 0 Å². The summed E-state index contributed by atoms with van der Waals surface area (Å²) in [5.41, 5.74) is -0.0297. The molecule has 0 aliphatic heterocycles. The maximum absolute atomic E-state index is 10.6. The number of nitrogens with zero attached hydrogens (tertiary/aromatic N) is 1. The number of hydrogen-bond acceptors (Lipinski definition) is 3. The van der Waals surface area contributed by atoms with Gasteiger partial charge in [-0.3, -0.25) is 10.1 Å². The van der Waals surface area contributed by atoms with Gasteiger partial charge in [0, 0.05) is 24.5 Å². The van der Waals surface area contributed by atoms with E-state index < -0.39 is 5.54 Å². The van der Waals surface area contributed by atoms with Crippen molar-refractivity contribution >= 4 is 5.69 Å². The van der Waals surface area contributed by atoms with Crippen LogP contribution in [0.15, 0.2) is 30.3 Å². The van der Waals surface area contributed by atoms with Gasteiger partial charge in [-0.15, -0.1) is 0 Å². The predicted molar refractivity (Wildman–Crippen MR) is 56.0 cm³/mol. The number of benzene rings is 1. The summed E-state index contributed by atoms with van der Waals surface area (Å²) in [7, 11) is 0. The van der Waals surface area contributed by atoms with Crippen molar-refractivity contribution < 1.29 is 4.92 Å². The first-order chi connectivity index (χ1) is 6.52. The number of anilines is 1. The lowest BCUT2D eigenvalue weighted by atomic mass is 10.1. The monoisotopic (exact) mass is 194 g/mol. The van der Waals surface area contributed by atoms with Crippen molar-refractivity contribution in [2.75, 3.05) is 11.9 Å². The highest BCUT2D eigenvalue weighted by Crippen LogP contribution is 2.11. The van der Waals surface area contributed by atoms with E-state index in [1.165, 1.54) is 0 Å². The molecule has 0 bridgehead atoms. The molecule has 0 amide bonds. The van der Waals surface area contributed by atoms with Crippen LogP contribution >= 0.6 is 0 Å². The van der Waals surface area contributed by atoms with Crippen LogP contribution < -0.4 is 5.32 Å². The average Bonchev–Trinajstić information content (AvgIpc) is 2.16. The predicted octanol–water partition coefficient (Wildman–Crippen LogP) is 2.15. The maximum atomic E-state index is 10.6. The Balaban J connectivity index is 2.53. The summed E-state index contributed by atoms with van der Waals surface area (Å²) in [6.07, 6.45) is 0. The Morgan fingerprint density at radius 3 is 2.43 bits per heavy atom. The zero-order chi connectivity index (χ0) is 10.6. The van der Waals surface area contributed by atoms with Gasteiger partial charge in [-0.1, -0.05) is 18.2 Å². The Morgan fingerprint density at radius 1 is 1.36 bits per heavy atom. The second-order valence-electron chi connectivity index (χ2n) is 3.79. The molecule has 1 N–H and O–H groups in total. The van der Waals surface area contributed by atoms with Crippen molar-refractivity contribution in [1.82, 2.24) is 0 Å². The van der Waals surface area contributed by atoms with Crippen LogP contribution in [0.5, 0.6) is 0 Å². The molecule has 0 atom stereocenters. The van der Waals surface area contributed by atoms with Gasteiger partial charge < -0.3 is 5.32 Å². The van der Waals surface area contributed by atoms with E-state index in [-0.39, 0.29) is 4.92 Å². The third kappa shape index (κ3) is 2.73. The lowest BCUT2D eigenvalue weighted by Crippen LogP contribution is -2.38. The zero-order valence-electron chi connectivity index (χ0n) is 8.36. The van der Waals surface area contributed by atoms with Crippen molar-refractivity contribution in [1.29, 1.82) is 0 Å². The molecule has 0 fully saturated rings. The van der Waals surface area contributed by atoms with E-state index in [4.69, 9.17) is 0 Å². The van der Waals surface area contributed by atoms with E-state index in [1.807, 2.05) is 30.3 Å². The second kappa shape index (κ2) is 4.09. The first-order valence-electron chi connectivity index (χ1n) is 4.46. The minimum atomic E-state index is -0.935. The number of para-hydroxylation sites is 1. The maximum Gasteiger partial charge on any atom is 0.233 e. The summed E-state index contributed by atoms with van der Waals surface area (Å²) in [4.78, 5) is 10.3.